The van der Waals surface area contributed by atoms with Crippen molar-refractivity contribution in [3.63, 3.8) is 0 Å². The molecular weight excluding hydrogens is 372 g/mol. The molecular formula is C19H21ClN2OS2. The molecule has 1 aromatic carbocycles. The maximum absolute atomic E-state index is 12.9. The van der Waals surface area contributed by atoms with Crippen LogP contribution in [0.5, 0.6) is 0 Å². The first kappa shape index (κ1) is 17.4. The normalized spacial score (nSPS) is 17.3. The van der Waals surface area contributed by atoms with Gasteiger partial charge in [-0.2, -0.15) is 0 Å². The zero-order chi connectivity index (χ0) is 17.4. The third-order valence-corrected chi connectivity index (χ3v) is 7.33. The molecule has 1 amide bonds. The number of hydrogen-bond acceptors (Lipinski definition) is 4. The van der Waals surface area contributed by atoms with Gasteiger partial charge in [-0.15, -0.1) is 23.1 Å². The smallest absolute Gasteiger partial charge is 0.264 e. The average molecular weight is 393 g/mol. The van der Waals surface area contributed by atoms with Crippen molar-refractivity contribution in [1.29, 1.82) is 0 Å². The summed E-state index contributed by atoms with van der Waals surface area (Å²) in [6, 6.07) is 8.14. The predicted molar refractivity (Wildman–Crippen MR) is 107 cm³/mol. The Morgan fingerprint density at radius 2 is 2.00 bits per heavy atom. The molecule has 1 fully saturated rings. The fourth-order valence-electron chi connectivity index (χ4n) is 3.47. The summed E-state index contributed by atoms with van der Waals surface area (Å²) in [5, 5.41) is 0.771. The van der Waals surface area contributed by atoms with Crippen molar-refractivity contribution in [3.8, 4) is 10.4 Å². The second-order valence-corrected chi connectivity index (χ2v) is 9.03. The van der Waals surface area contributed by atoms with Gasteiger partial charge in [-0.25, -0.2) is 0 Å². The van der Waals surface area contributed by atoms with Gasteiger partial charge in [0.1, 0.15) is 0 Å². The Morgan fingerprint density at radius 3 is 2.76 bits per heavy atom. The molecule has 1 aromatic heterocycles. The van der Waals surface area contributed by atoms with Crippen LogP contribution in [-0.4, -0.2) is 48.4 Å². The maximum atomic E-state index is 12.9. The van der Waals surface area contributed by atoms with E-state index in [1.54, 1.807) is 23.1 Å². The molecule has 0 radical (unpaired) electrons. The lowest BCUT2D eigenvalue weighted by Crippen LogP contribution is -2.48. The van der Waals surface area contributed by atoms with Crippen molar-refractivity contribution < 1.29 is 4.79 Å². The van der Waals surface area contributed by atoms with Gasteiger partial charge in [0.15, 0.2) is 0 Å². The molecule has 0 saturated carbocycles. The first-order valence-electron chi connectivity index (χ1n) is 8.72. The number of amides is 1. The van der Waals surface area contributed by atoms with Gasteiger partial charge < -0.3 is 4.90 Å². The van der Waals surface area contributed by atoms with Crippen molar-refractivity contribution in [3.05, 3.63) is 39.7 Å². The summed E-state index contributed by atoms with van der Waals surface area (Å²) in [6.07, 6.45) is 1.17. The number of thiophene rings is 1. The van der Waals surface area contributed by atoms with Gasteiger partial charge in [0.05, 0.1) is 4.88 Å². The van der Waals surface area contributed by atoms with Crippen LogP contribution >= 0.6 is 34.7 Å². The number of carbonyl (C=O) groups excluding carboxylic acids is 1. The Labute approximate surface area is 162 Å². The molecule has 2 aliphatic heterocycles. The minimum Gasteiger partial charge on any atom is -0.335 e. The van der Waals surface area contributed by atoms with Crippen LogP contribution in [0.2, 0.25) is 5.02 Å². The first-order chi connectivity index (χ1) is 12.2. The fourth-order valence-corrected chi connectivity index (χ4v) is 6.13. The van der Waals surface area contributed by atoms with Crippen LogP contribution in [0.3, 0.4) is 0 Å². The van der Waals surface area contributed by atoms with E-state index in [1.807, 2.05) is 17.0 Å². The Morgan fingerprint density at radius 1 is 1.20 bits per heavy atom. The van der Waals surface area contributed by atoms with Crippen LogP contribution in [0.25, 0.3) is 10.4 Å². The largest absolute Gasteiger partial charge is 0.335 e. The summed E-state index contributed by atoms with van der Waals surface area (Å²) in [4.78, 5) is 20.7. The van der Waals surface area contributed by atoms with E-state index >= 15 is 0 Å². The van der Waals surface area contributed by atoms with Gasteiger partial charge in [-0.1, -0.05) is 24.6 Å². The number of hydrogen-bond donors (Lipinski definition) is 0. The molecule has 132 valence electrons. The topological polar surface area (TPSA) is 23.6 Å². The number of carbonyl (C=O) groups is 1. The molecule has 3 heterocycles. The van der Waals surface area contributed by atoms with Crippen LogP contribution < -0.4 is 0 Å². The Balaban J connectivity index is 1.54. The highest BCUT2D eigenvalue weighted by molar-refractivity contribution is 7.98. The minimum absolute atomic E-state index is 0.191. The van der Waals surface area contributed by atoms with E-state index in [-0.39, 0.29) is 5.91 Å². The molecule has 0 atom stereocenters. The molecule has 4 rings (SSSR count). The van der Waals surface area contributed by atoms with E-state index in [2.05, 4.69) is 24.0 Å². The summed E-state index contributed by atoms with van der Waals surface area (Å²) in [7, 11) is 0. The summed E-state index contributed by atoms with van der Waals surface area (Å²) in [6.45, 7) is 6.98. The Kier molecular flexibility index (Phi) is 5.09. The second-order valence-electron chi connectivity index (χ2n) is 6.53. The molecule has 25 heavy (non-hydrogen) atoms. The van der Waals surface area contributed by atoms with Crippen molar-refractivity contribution in [2.24, 2.45) is 0 Å². The predicted octanol–water partition coefficient (Wildman–Crippen LogP) is 4.84. The molecule has 2 aromatic rings. The second kappa shape index (κ2) is 7.31. The summed E-state index contributed by atoms with van der Waals surface area (Å²) < 4.78 is 0. The van der Waals surface area contributed by atoms with Crippen molar-refractivity contribution in [1.82, 2.24) is 9.80 Å². The van der Waals surface area contributed by atoms with E-state index < -0.39 is 0 Å². The number of rotatable bonds is 3. The van der Waals surface area contributed by atoms with Crippen LogP contribution in [-0.2, 0) is 5.75 Å². The number of fused-ring (bicyclic) bond motifs is 3. The van der Waals surface area contributed by atoms with Gasteiger partial charge in [-0.3, -0.25) is 9.69 Å². The summed E-state index contributed by atoms with van der Waals surface area (Å²) in [5.41, 5.74) is 2.49. The minimum atomic E-state index is 0.191. The molecule has 0 spiro atoms. The molecule has 0 N–H and O–H groups in total. The third kappa shape index (κ3) is 3.47. The number of halogens is 1. The van der Waals surface area contributed by atoms with E-state index in [0.717, 1.165) is 48.4 Å². The van der Waals surface area contributed by atoms with Crippen molar-refractivity contribution in [2.45, 2.75) is 24.0 Å². The molecule has 3 nitrogen and oxygen atoms in total. The highest BCUT2D eigenvalue weighted by Gasteiger charge is 2.26. The lowest BCUT2D eigenvalue weighted by atomic mass is 10.1. The highest BCUT2D eigenvalue weighted by atomic mass is 35.5. The van der Waals surface area contributed by atoms with Crippen LogP contribution in [0, 0.1) is 0 Å². The highest BCUT2D eigenvalue weighted by Crippen LogP contribution is 2.46. The SMILES string of the molecule is CCCN1CCN(C(=O)c2cc3c(s2)-c2ccc(Cl)cc2SC3)CC1. The number of piperazine rings is 1. The lowest BCUT2D eigenvalue weighted by molar-refractivity contribution is 0.0642. The van der Waals surface area contributed by atoms with Crippen molar-refractivity contribution >= 4 is 40.6 Å². The zero-order valence-corrected chi connectivity index (χ0v) is 16.6. The van der Waals surface area contributed by atoms with Gasteiger partial charge in [0.2, 0.25) is 0 Å². The van der Waals surface area contributed by atoms with Crippen LogP contribution in [0.15, 0.2) is 29.2 Å². The maximum Gasteiger partial charge on any atom is 0.264 e. The van der Waals surface area contributed by atoms with Crippen molar-refractivity contribution in [2.75, 3.05) is 32.7 Å². The monoisotopic (exact) mass is 392 g/mol. The van der Waals surface area contributed by atoms with E-state index in [4.69, 9.17) is 11.6 Å². The lowest BCUT2D eigenvalue weighted by Gasteiger charge is -2.34. The standard InChI is InChI=1S/C19H21ClN2OS2/c1-2-5-21-6-8-22(9-7-21)19(23)17-10-13-12-24-16-11-14(20)3-4-15(16)18(13)25-17/h3-4,10-11H,2,5-9,12H2,1H3. The number of nitrogens with zero attached hydrogens (tertiary/aromatic N) is 2. The molecule has 2 aliphatic rings. The van der Waals surface area contributed by atoms with Gasteiger partial charge in [0, 0.05) is 52.3 Å². The van der Waals surface area contributed by atoms with E-state index in [1.165, 1.54) is 27.3 Å². The van der Waals surface area contributed by atoms with E-state index in [9.17, 15) is 4.79 Å². The van der Waals surface area contributed by atoms with Gasteiger partial charge >= 0.3 is 0 Å². The molecule has 6 heteroatoms. The third-order valence-electron chi connectivity index (χ3n) is 4.79. The average Bonchev–Trinajstić information content (AvgIpc) is 3.06. The van der Waals surface area contributed by atoms with Crippen LogP contribution in [0.4, 0.5) is 0 Å². The molecule has 0 unspecified atom stereocenters. The summed E-state index contributed by atoms with van der Waals surface area (Å²) in [5.74, 6) is 1.10. The van der Waals surface area contributed by atoms with Gasteiger partial charge in [0.25, 0.3) is 5.91 Å². The first-order valence-corrected chi connectivity index (χ1v) is 10.9. The quantitative estimate of drug-likeness (QED) is 0.746. The number of benzene rings is 1. The summed E-state index contributed by atoms with van der Waals surface area (Å²) >= 11 is 9.56. The molecule has 1 saturated heterocycles. The van der Waals surface area contributed by atoms with Crippen LogP contribution in [0.1, 0.15) is 28.6 Å². The Bertz CT molecular complexity index is 797. The molecule has 0 bridgehead atoms. The van der Waals surface area contributed by atoms with E-state index in [0.29, 0.717) is 0 Å². The Hall–Kier alpha value is -1.01. The fraction of sp³-hybridized carbons (Fsp3) is 0.421. The zero-order valence-electron chi connectivity index (χ0n) is 14.3. The number of thioether (sulfide) groups is 1. The van der Waals surface area contributed by atoms with Gasteiger partial charge in [-0.05, 0) is 36.7 Å². The molecule has 0 aliphatic carbocycles.